The summed E-state index contributed by atoms with van der Waals surface area (Å²) in [5, 5.41) is 11.1. The maximum Gasteiger partial charge on any atom is 0.270 e. The Labute approximate surface area is 128 Å². The summed E-state index contributed by atoms with van der Waals surface area (Å²) in [5.74, 6) is 0.719. The quantitative estimate of drug-likeness (QED) is 0.612. The third kappa shape index (κ3) is 3.37. The average molecular weight is 308 g/mol. The van der Waals surface area contributed by atoms with Crippen molar-refractivity contribution in [2.24, 2.45) is 0 Å². The lowest BCUT2D eigenvalue weighted by Crippen LogP contribution is -2.29. The van der Waals surface area contributed by atoms with Crippen LogP contribution in [0.3, 0.4) is 0 Å². The van der Waals surface area contributed by atoms with Crippen LogP contribution in [0.2, 0.25) is 0 Å². The molecule has 0 saturated carbocycles. The molecule has 1 unspecified atom stereocenters. The van der Waals surface area contributed by atoms with Crippen molar-refractivity contribution in [3.8, 4) is 5.75 Å². The molecule has 120 valence electrons. The fourth-order valence-corrected chi connectivity index (χ4v) is 2.99. The lowest BCUT2D eigenvalue weighted by molar-refractivity contribution is -0.385. The molecule has 0 N–H and O–H groups in total. The van der Waals surface area contributed by atoms with Crippen LogP contribution in [0.1, 0.15) is 24.0 Å². The van der Waals surface area contributed by atoms with Crippen LogP contribution in [0, 0.1) is 10.1 Å². The predicted octanol–water partition coefficient (Wildman–Crippen LogP) is 2.07. The molecular formula is C15H20N2O5. The van der Waals surface area contributed by atoms with Crippen molar-refractivity contribution in [3.63, 3.8) is 0 Å². The molecule has 0 aromatic heterocycles. The van der Waals surface area contributed by atoms with Gasteiger partial charge in [0.25, 0.3) is 5.69 Å². The molecule has 1 saturated heterocycles. The van der Waals surface area contributed by atoms with Gasteiger partial charge in [0.15, 0.2) is 6.79 Å². The molecule has 2 aliphatic rings. The molecule has 1 atom stereocenters. The molecular weight excluding hydrogens is 288 g/mol. The second kappa shape index (κ2) is 6.60. The van der Waals surface area contributed by atoms with Crippen molar-refractivity contribution in [1.82, 2.24) is 4.90 Å². The van der Waals surface area contributed by atoms with Crippen LogP contribution in [-0.2, 0) is 22.6 Å². The van der Waals surface area contributed by atoms with Crippen molar-refractivity contribution in [2.45, 2.75) is 32.1 Å². The standard InChI is InChI=1S/C15H20N2O5/c1-16(8-14-3-2-4-21-14)7-11-5-13(17(18)19)6-12-9-20-10-22-15(11)12/h5-6,14H,2-4,7-10H2,1H3. The SMILES string of the molecule is CN(Cc1cc([N+](=O)[O-])cc2c1OCOC2)CC1CCCO1. The van der Waals surface area contributed by atoms with E-state index in [-0.39, 0.29) is 23.5 Å². The Morgan fingerprint density at radius 2 is 2.32 bits per heavy atom. The Balaban J connectivity index is 1.78. The average Bonchev–Trinajstić information content (AvgIpc) is 2.99. The van der Waals surface area contributed by atoms with E-state index in [1.54, 1.807) is 6.07 Å². The largest absolute Gasteiger partial charge is 0.467 e. The molecule has 0 bridgehead atoms. The van der Waals surface area contributed by atoms with E-state index in [1.807, 2.05) is 7.05 Å². The van der Waals surface area contributed by atoms with Crippen LogP contribution < -0.4 is 4.74 Å². The number of nitrogens with zero attached hydrogens (tertiary/aromatic N) is 2. The van der Waals surface area contributed by atoms with Gasteiger partial charge in [-0.3, -0.25) is 15.0 Å². The van der Waals surface area contributed by atoms with Gasteiger partial charge in [-0.25, -0.2) is 0 Å². The zero-order chi connectivity index (χ0) is 15.5. The Morgan fingerprint density at radius 1 is 1.45 bits per heavy atom. The number of ether oxygens (including phenoxy) is 3. The highest BCUT2D eigenvalue weighted by atomic mass is 16.7. The number of likely N-dealkylation sites (N-methyl/N-ethyl adjacent to an activating group) is 1. The minimum atomic E-state index is -0.377. The van der Waals surface area contributed by atoms with E-state index in [2.05, 4.69) is 4.90 Å². The molecule has 1 aromatic rings. The molecule has 2 aliphatic heterocycles. The van der Waals surface area contributed by atoms with Crippen molar-refractivity contribution in [2.75, 3.05) is 27.0 Å². The first-order valence-corrected chi connectivity index (χ1v) is 7.44. The summed E-state index contributed by atoms with van der Waals surface area (Å²) >= 11 is 0. The predicted molar refractivity (Wildman–Crippen MR) is 78.7 cm³/mol. The third-order valence-corrected chi connectivity index (χ3v) is 3.96. The molecule has 7 nitrogen and oxygen atoms in total. The summed E-state index contributed by atoms with van der Waals surface area (Å²) in [6, 6.07) is 3.12. The highest BCUT2D eigenvalue weighted by Gasteiger charge is 2.23. The number of benzene rings is 1. The zero-order valence-electron chi connectivity index (χ0n) is 12.6. The van der Waals surface area contributed by atoms with Crippen molar-refractivity contribution in [3.05, 3.63) is 33.4 Å². The number of fused-ring (bicyclic) bond motifs is 1. The lowest BCUT2D eigenvalue weighted by atomic mass is 10.1. The molecule has 1 aromatic carbocycles. The smallest absolute Gasteiger partial charge is 0.270 e. The summed E-state index contributed by atoms with van der Waals surface area (Å²) in [6.07, 6.45) is 2.43. The van der Waals surface area contributed by atoms with Gasteiger partial charge in [-0.1, -0.05) is 0 Å². The number of hydrogen-bond acceptors (Lipinski definition) is 6. The molecule has 0 spiro atoms. The van der Waals surface area contributed by atoms with Gasteiger partial charge in [-0.05, 0) is 19.9 Å². The molecule has 7 heteroatoms. The lowest BCUT2D eigenvalue weighted by Gasteiger charge is -2.24. The van der Waals surface area contributed by atoms with Crippen LogP contribution in [0.5, 0.6) is 5.75 Å². The normalized spacial score (nSPS) is 20.7. The molecule has 22 heavy (non-hydrogen) atoms. The molecule has 3 rings (SSSR count). The van der Waals surface area contributed by atoms with Gasteiger partial charge >= 0.3 is 0 Å². The van der Waals surface area contributed by atoms with E-state index in [4.69, 9.17) is 14.2 Å². The Kier molecular flexibility index (Phi) is 4.56. The first kappa shape index (κ1) is 15.2. The van der Waals surface area contributed by atoms with E-state index >= 15 is 0 Å². The summed E-state index contributed by atoms with van der Waals surface area (Å²) in [5.41, 5.74) is 1.64. The van der Waals surface area contributed by atoms with Crippen molar-refractivity contribution < 1.29 is 19.1 Å². The summed E-state index contributed by atoms with van der Waals surface area (Å²) in [6.45, 7) is 2.76. The number of non-ortho nitro benzene ring substituents is 1. The van der Waals surface area contributed by atoms with Gasteiger partial charge in [0.1, 0.15) is 5.75 Å². The second-order valence-corrected chi connectivity index (χ2v) is 5.79. The van der Waals surface area contributed by atoms with E-state index in [0.29, 0.717) is 13.2 Å². The van der Waals surface area contributed by atoms with Gasteiger partial charge in [0.05, 0.1) is 17.6 Å². The molecule has 1 fully saturated rings. The Bertz CT molecular complexity index is 557. The van der Waals surface area contributed by atoms with Gasteiger partial charge in [0.2, 0.25) is 0 Å². The van der Waals surface area contributed by atoms with E-state index < -0.39 is 0 Å². The van der Waals surface area contributed by atoms with Crippen LogP contribution >= 0.6 is 0 Å². The summed E-state index contributed by atoms with van der Waals surface area (Å²) in [4.78, 5) is 12.8. The highest BCUT2D eigenvalue weighted by Crippen LogP contribution is 2.33. The van der Waals surface area contributed by atoms with Gasteiger partial charge in [-0.15, -0.1) is 0 Å². The van der Waals surface area contributed by atoms with Gasteiger partial charge < -0.3 is 14.2 Å². The first-order valence-electron chi connectivity index (χ1n) is 7.44. The van der Waals surface area contributed by atoms with E-state index in [1.165, 1.54) is 6.07 Å². The van der Waals surface area contributed by atoms with Crippen LogP contribution in [0.15, 0.2) is 12.1 Å². The van der Waals surface area contributed by atoms with Crippen LogP contribution in [0.25, 0.3) is 0 Å². The zero-order valence-corrected chi connectivity index (χ0v) is 12.6. The highest BCUT2D eigenvalue weighted by molar-refractivity contribution is 5.50. The Hall–Kier alpha value is -1.70. The fraction of sp³-hybridized carbons (Fsp3) is 0.600. The minimum Gasteiger partial charge on any atom is -0.467 e. The van der Waals surface area contributed by atoms with Crippen molar-refractivity contribution >= 4 is 5.69 Å². The number of nitro benzene ring substituents is 1. The molecule has 2 heterocycles. The number of rotatable bonds is 5. The Morgan fingerprint density at radius 3 is 3.05 bits per heavy atom. The first-order chi connectivity index (χ1) is 10.6. The monoisotopic (exact) mass is 308 g/mol. The molecule has 0 radical (unpaired) electrons. The molecule has 0 aliphatic carbocycles. The number of nitro groups is 1. The maximum atomic E-state index is 11.1. The van der Waals surface area contributed by atoms with Crippen molar-refractivity contribution in [1.29, 1.82) is 0 Å². The van der Waals surface area contributed by atoms with E-state index in [0.717, 1.165) is 42.9 Å². The van der Waals surface area contributed by atoms with Gasteiger partial charge in [0, 0.05) is 43.0 Å². The van der Waals surface area contributed by atoms with Crippen LogP contribution in [0.4, 0.5) is 5.69 Å². The molecule has 0 amide bonds. The van der Waals surface area contributed by atoms with Gasteiger partial charge in [-0.2, -0.15) is 0 Å². The topological polar surface area (TPSA) is 74.1 Å². The number of hydrogen-bond donors (Lipinski definition) is 0. The van der Waals surface area contributed by atoms with E-state index in [9.17, 15) is 10.1 Å². The minimum absolute atomic E-state index is 0.0772. The maximum absolute atomic E-state index is 11.1. The van der Waals surface area contributed by atoms with Crippen LogP contribution in [-0.4, -0.2) is 42.9 Å². The second-order valence-electron chi connectivity index (χ2n) is 5.79. The summed E-state index contributed by atoms with van der Waals surface area (Å²) in [7, 11) is 1.99. The summed E-state index contributed by atoms with van der Waals surface area (Å²) < 4.78 is 16.4. The third-order valence-electron chi connectivity index (χ3n) is 3.96. The fourth-order valence-electron chi connectivity index (χ4n) is 2.99.